The van der Waals surface area contributed by atoms with Crippen molar-refractivity contribution in [2.75, 3.05) is 6.61 Å². The molecular formula is C15H17O3P. The molecule has 19 heavy (non-hydrogen) atoms. The van der Waals surface area contributed by atoms with Crippen molar-refractivity contribution in [2.24, 2.45) is 0 Å². The molecule has 0 saturated heterocycles. The molecule has 0 aliphatic heterocycles. The van der Waals surface area contributed by atoms with E-state index >= 15 is 0 Å². The van der Waals surface area contributed by atoms with E-state index in [0.717, 1.165) is 5.56 Å². The van der Waals surface area contributed by atoms with Gasteiger partial charge in [-0.15, -0.1) is 0 Å². The molecule has 4 heteroatoms. The molecule has 2 aromatic rings. The summed E-state index contributed by atoms with van der Waals surface area (Å²) >= 11 is 0. The second-order valence-corrected chi connectivity index (χ2v) is 6.02. The van der Waals surface area contributed by atoms with Crippen molar-refractivity contribution in [1.29, 1.82) is 0 Å². The molecule has 0 radical (unpaired) electrons. The highest BCUT2D eigenvalue weighted by Crippen LogP contribution is 2.47. The van der Waals surface area contributed by atoms with Crippen LogP contribution in [-0.4, -0.2) is 6.61 Å². The van der Waals surface area contributed by atoms with Crippen LogP contribution in [0.15, 0.2) is 54.6 Å². The summed E-state index contributed by atoms with van der Waals surface area (Å²) < 4.78 is 24.0. The fourth-order valence-electron chi connectivity index (χ4n) is 1.81. The first-order valence-corrected chi connectivity index (χ1v) is 7.75. The maximum Gasteiger partial charge on any atom is 0.410 e. The summed E-state index contributed by atoms with van der Waals surface area (Å²) in [7, 11) is -3.33. The standard InChI is InChI=1S/C15H17O3P/c1-3-17-19(16,15-12-8-7-9-13(15)2)18-14-10-5-4-6-11-14/h4-12H,3H2,1-2H3. The Hall–Kier alpha value is -1.57. The SMILES string of the molecule is CCOP(=O)(Oc1ccccc1)c1ccccc1C. The summed E-state index contributed by atoms with van der Waals surface area (Å²) in [5.74, 6) is 0.544. The third kappa shape index (κ3) is 3.25. The first-order valence-electron chi connectivity index (χ1n) is 6.21. The molecule has 0 heterocycles. The number of para-hydroxylation sites is 1. The van der Waals surface area contributed by atoms with Crippen LogP contribution in [0.1, 0.15) is 12.5 Å². The van der Waals surface area contributed by atoms with E-state index in [1.807, 2.05) is 43.3 Å². The largest absolute Gasteiger partial charge is 0.421 e. The van der Waals surface area contributed by atoms with E-state index in [2.05, 4.69) is 0 Å². The predicted molar refractivity (Wildman–Crippen MR) is 77.1 cm³/mol. The maximum absolute atomic E-state index is 13.0. The first kappa shape index (κ1) is 13.9. The minimum absolute atomic E-state index is 0.332. The highest BCUT2D eigenvalue weighted by molar-refractivity contribution is 7.62. The van der Waals surface area contributed by atoms with Gasteiger partial charge in [0, 0.05) is 0 Å². The average molecular weight is 276 g/mol. The molecule has 0 spiro atoms. The summed E-state index contributed by atoms with van der Waals surface area (Å²) in [4.78, 5) is 0. The van der Waals surface area contributed by atoms with E-state index in [1.54, 1.807) is 25.1 Å². The van der Waals surface area contributed by atoms with Gasteiger partial charge in [-0.3, -0.25) is 4.52 Å². The van der Waals surface area contributed by atoms with E-state index < -0.39 is 7.60 Å². The highest BCUT2D eigenvalue weighted by atomic mass is 31.2. The molecule has 3 nitrogen and oxygen atoms in total. The van der Waals surface area contributed by atoms with Gasteiger partial charge in [0.1, 0.15) is 5.75 Å². The highest BCUT2D eigenvalue weighted by Gasteiger charge is 2.30. The number of rotatable bonds is 5. The Bertz CT molecular complexity index is 581. The summed E-state index contributed by atoms with van der Waals surface area (Å²) in [5, 5.41) is 0.612. The van der Waals surface area contributed by atoms with Crippen LogP contribution in [0.25, 0.3) is 0 Å². The monoisotopic (exact) mass is 276 g/mol. The molecule has 0 bridgehead atoms. The van der Waals surface area contributed by atoms with Gasteiger partial charge in [0.25, 0.3) is 0 Å². The molecule has 1 atom stereocenters. The predicted octanol–water partition coefficient (Wildman–Crippen LogP) is 3.93. The Labute approximate surface area is 113 Å². The van der Waals surface area contributed by atoms with Crippen molar-refractivity contribution in [3.8, 4) is 5.75 Å². The van der Waals surface area contributed by atoms with E-state index in [9.17, 15) is 4.57 Å². The van der Waals surface area contributed by atoms with Crippen LogP contribution in [0.3, 0.4) is 0 Å². The van der Waals surface area contributed by atoms with E-state index in [-0.39, 0.29) is 0 Å². The van der Waals surface area contributed by atoms with Crippen LogP contribution in [0.2, 0.25) is 0 Å². The quantitative estimate of drug-likeness (QED) is 0.776. The van der Waals surface area contributed by atoms with Crippen LogP contribution in [-0.2, 0) is 9.09 Å². The summed E-state index contributed by atoms with van der Waals surface area (Å²) in [6, 6.07) is 16.5. The summed E-state index contributed by atoms with van der Waals surface area (Å²) in [6.45, 7) is 4.03. The van der Waals surface area contributed by atoms with E-state index in [0.29, 0.717) is 17.7 Å². The van der Waals surface area contributed by atoms with Crippen LogP contribution < -0.4 is 9.83 Å². The number of hydrogen-bond donors (Lipinski definition) is 0. The van der Waals surface area contributed by atoms with Gasteiger partial charge in [-0.25, -0.2) is 4.57 Å². The molecule has 0 fully saturated rings. The van der Waals surface area contributed by atoms with Crippen LogP contribution in [0.5, 0.6) is 5.75 Å². The number of hydrogen-bond acceptors (Lipinski definition) is 3. The zero-order valence-corrected chi connectivity index (χ0v) is 12.0. The molecule has 0 aromatic heterocycles. The Morgan fingerprint density at radius 3 is 2.26 bits per heavy atom. The Morgan fingerprint density at radius 1 is 1.00 bits per heavy atom. The molecular weight excluding hydrogens is 259 g/mol. The lowest BCUT2D eigenvalue weighted by Crippen LogP contribution is -2.15. The molecule has 0 aliphatic rings. The first-order chi connectivity index (χ1) is 9.15. The molecule has 0 N–H and O–H groups in total. The van der Waals surface area contributed by atoms with Gasteiger partial charge < -0.3 is 4.52 Å². The van der Waals surface area contributed by atoms with Crippen LogP contribution in [0.4, 0.5) is 0 Å². The topological polar surface area (TPSA) is 35.5 Å². The minimum Gasteiger partial charge on any atom is -0.421 e. The minimum atomic E-state index is -3.33. The lowest BCUT2D eigenvalue weighted by atomic mass is 10.2. The molecule has 0 aliphatic carbocycles. The number of benzene rings is 2. The van der Waals surface area contributed by atoms with Gasteiger partial charge in [-0.2, -0.15) is 0 Å². The summed E-state index contributed by atoms with van der Waals surface area (Å²) in [5.41, 5.74) is 0.898. The molecule has 2 rings (SSSR count). The van der Waals surface area contributed by atoms with Gasteiger partial charge in [0.2, 0.25) is 0 Å². The normalized spacial score (nSPS) is 13.8. The van der Waals surface area contributed by atoms with Crippen molar-refractivity contribution in [2.45, 2.75) is 13.8 Å². The molecule has 100 valence electrons. The Balaban J connectivity index is 2.38. The zero-order valence-electron chi connectivity index (χ0n) is 11.1. The third-order valence-corrected chi connectivity index (χ3v) is 4.82. The smallest absolute Gasteiger partial charge is 0.410 e. The lowest BCUT2D eigenvalue weighted by molar-refractivity contribution is 0.289. The van der Waals surface area contributed by atoms with Gasteiger partial charge in [0.05, 0.1) is 11.9 Å². The molecule has 1 unspecified atom stereocenters. The van der Waals surface area contributed by atoms with E-state index in [1.165, 1.54) is 0 Å². The van der Waals surface area contributed by atoms with Gasteiger partial charge in [-0.1, -0.05) is 36.4 Å². The Morgan fingerprint density at radius 2 is 1.63 bits per heavy atom. The average Bonchev–Trinajstić information content (AvgIpc) is 2.40. The van der Waals surface area contributed by atoms with Crippen molar-refractivity contribution >= 4 is 12.9 Å². The van der Waals surface area contributed by atoms with Crippen molar-refractivity contribution in [3.05, 3.63) is 60.2 Å². The van der Waals surface area contributed by atoms with Gasteiger partial charge in [0.15, 0.2) is 0 Å². The van der Waals surface area contributed by atoms with E-state index in [4.69, 9.17) is 9.05 Å². The second-order valence-electron chi connectivity index (χ2n) is 4.11. The zero-order chi connectivity index (χ0) is 13.7. The fraction of sp³-hybridized carbons (Fsp3) is 0.200. The Kier molecular flexibility index (Phi) is 4.41. The van der Waals surface area contributed by atoms with Crippen molar-refractivity contribution in [3.63, 3.8) is 0 Å². The molecule has 2 aromatic carbocycles. The number of aryl methyl sites for hydroxylation is 1. The van der Waals surface area contributed by atoms with Crippen molar-refractivity contribution < 1.29 is 13.6 Å². The second kappa shape index (κ2) is 6.05. The molecule has 0 amide bonds. The van der Waals surface area contributed by atoms with Crippen LogP contribution >= 0.6 is 7.60 Å². The third-order valence-electron chi connectivity index (χ3n) is 2.68. The summed E-state index contributed by atoms with van der Waals surface area (Å²) in [6.07, 6.45) is 0. The van der Waals surface area contributed by atoms with Crippen LogP contribution in [0, 0.1) is 6.92 Å². The lowest BCUT2D eigenvalue weighted by Gasteiger charge is -2.20. The fourth-order valence-corrected chi connectivity index (χ4v) is 3.61. The van der Waals surface area contributed by atoms with Crippen molar-refractivity contribution in [1.82, 2.24) is 0 Å². The maximum atomic E-state index is 13.0. The van der Waals surface area contributed by atoms with Gasteiger partial charge in [-0.05, 0) is 37.6 Å². The molecule has 0 saturated carbocycles. The van der Waals surface area contributed by atoms with Gasteiger partial charge >= 0.3 is 7.60 Å².